The second kappa shape index (κ2) is 12.6. The highest BCUT2D eigenvalue weighted by molar-refractivity contribution is 9.10. The summed E-state index contributed by atoms with van der Waals surface area (Å²) in [6.07, 6.45) is 4.28. The Kier molecular flexibility index (Phi) is 8.71. The predicted octanol–water partition coefficient (Wildman–Crippen LogP) is 7.31. The summed E-state index contributed by atoms with van der Waals surface area (Å²) in [5, 5.41) is 21.3. The Hall–Kier alpha value is -3.46. The van der Waals surface area contributed by atoms with Gasteiger partial charge < -0.3 is 19.5 Å². The third kappa shape index (κ3) is 6.01. The Balaban J connectivity index is 1.35. The quantitative estimate of drug-likeness (QED) is 0.198. The molecule has 2 N–H and O–H groups in total. The zero-order valence-electron chi connectivity index (χ0n) is 24.0. The fraction of sp³-hybridized carbons (Fsp3) is 0.314. The SMILES string of the molecule is CC/C(=C\c1cc(Br)ccc1O)CC[C@H]1OB(O)C[C@H]2C1=C(COc1ccccc1)C[C@H]1C(=O)c3ccccc3C(=O)[C@H]12. The van der Waals surface area contributed by atoms with E-state index in [1.54, 1.807) is 36.4 Å². The smallest absolute Gasteiger partial charge is 0.455 e. The van der Waals surface area contributed by atoms with Gasteiger partial charge in [-0.25, -0.2) is 0 Å². The van der Waals surface area contributed by atoms with Crippen LogP contribution < -0.4 is 4.74 Å². The number of ether oxygens (including phenoxy) is 1. The lowest BCUT2D eigenvalue weighted by molar-refractivity contribution is 0.0592. The summed E-state index contributed by atoms with van der Waals surface area (Å²) in [7, 11) is -1.04. The molecule has 3 aromatic carbocycles. The van der Waals surface area contributed by atoms with Crippen LogP contribution in [0.2, 0.25) is 6.32 Å². The van der Waals surface area contributed by atoms with Gasteiger partial charge in [0.25, 0.3) is 0 Å². The minimum Gasteiger partial charge on any atom is -0.507 e. The number of hydrogen-bond donors (Lipinski definition) is 2. The van der Waals surface area contributed by atoms with Crippen LogP contribution >= 0.6 is 15.9 Å². The van der Waals surface area contributed by atoms with Crippen molar-refractivity contribution in [2.75, 3.05) is 6.61 Å². The summed E-state index contributed by atoms with van der Waals surface area (Å²) in [6, 6.07) is 22.0. The number of benzene rings is 3. The van der Waals surface area contributed by atoms with Gasteiger partial charge >= 0.3 is 7.12 Å². The van der Waals surface area contributed by atoms with Gasteiger partial charge in [-0.15, -0.1) is 0 Å². The predicted molar refractivity (Wildman–Crippen MR) is 170 cm³/mol. The number of para-hydroxylation sites is 1. The molecule has 0 saturated carbocycles. The number of Topliss-reactive ketones (excluding diaryl/α,β-unsaturated/α-hetero) is 2. The van der Waals surface area contributed by atoms with E-state index < -0.39 is 25.1 Å². The first-order valence-corrected chi connectivity index (χ1v) is 15.7. The Morgan fingerprint density at radius 1 is 1.02 bits per heavy atom. The number of allylic oxidation sites excluding steroid dienone is 1. The van der Waals surface area contributed by atoms with Crippen molar-refractivity contribution in [1.82, 2.24) is 0 Å². The minimum absolute atomic E-state index is 0.0148. The van der Waals surface area contributed by atoms with Crippen LogP contribution in [-0.4, -0.2) is 41.5 Å². The Morgan fingerprint density at radius 2 is 1.74 bits per heavy atom. The first-order valence-electron chi connectivity index (χ1n) is 14.9. The molecular formula is C35H34BBrO6. The fourth-order valence-electron chi connectivity index (χ4n) is 7.02. The van der Waals surface area contributed by atoms with Crippen LogP contribution in [0.4, 0.5) is 0 Å². The first kappa shape index (κ1) is 29.6. The molecule has 0 unspecified atom stereocenters. The molecule has 3 aliphatic rings. The molecule has 43 heavy (non-hydrogen) atoms. The lowest BCUT2D eigenvalue weighted by Gasteiger charge is -2.47. The van der Waals surface area contributed by atoms with Crippen LogP contribution in [0.25, 0.3) is 6.08 Å². The fourth-order valence-corrected chi connectivity index (χ4v) is 7.40. The number of aromatic hydroxyl groups is 1. The van der Waals surface area contributed by atoms with E-state index in [0.717, 1.165) is 38.9 Å². The molecule has 1 heterocycles. The monoisotopic (exact) mass is 640 g/mol. The molecular weight excluding hydrogens is 607 g/mol. The molecule has 8 heteroatoms. The summed E-state index contributed by atoms with van der Waals surface area (Å²) >= 11 is 3.48. The Morgan fingerprint density at radius 3 is 2.49 bits per heavy atom. The van der Waals surface area contributed by atoms with Crippen LogP contribution in [0.15, 0.2) is 94.0 Å². The molecule has 6 rings (SSSR count). The van der Waals surface area contributed by atoms with Crippen molar-refractivity contribution in [3.05, 3.63) is 111 Å². The molecule has 1 saturated heterocycles. The number of phenolic OH excluding ortho intramolecular Hbond substituents is 1. The van der Waals surface area contributed by atoms with Gasteiger partial charge in [-0.1, -0.05) is 77.0 Å². The molecule has 0 bridgehead atoms. The molecule has 0 radical (unpaired) electrons. The number of carbonyl (C=O) groups excluding carboxylic acids is 2. The maximum Gasteiger partial charge on any atom is 0.455 e. The van der Waals surface area contributed by atoms with E-state index >= 15 is 0 Å². The molecule has 6 nitrogen and oxygen atoms in total. The Labute approximate surface area is 260 Å². The van der Waals surface area contributed by atoms with E-state index in [9.17, 15) is 19.7 Å². The summed E-state index contributed by atoms with van der Waals surface area (Å²) in [5.74, 6) is -0.475. The van der Waals surface area contributed by atoms with Crippen molar-refractivity contribution < 1.29 is 29.1 Å². The summed E-state index contributed by atoms with van der Waals surface area (Å²) in [4.78, 5) is 27.8. The third-order valence-corrected chi connectivity index (χ3v) is 9.54. The van der Waals surface area contributed by atoms with Crippen molar-refractivity contribution in [1.29, 1.82) is 0 Å². The van der Waals surface area contributed by atoms with Crippen molar-refractivity contribution >= 4 is 40.7 Å². The minimum atomic E-state index is -1.04. The van der Waals surface area contributed by atoms with Crippen molar-refractivity contribution in [3.8, 4) is 11.5 Å². The molecule has 3 aromatic rings. The molecule has 0 aromatic heterocycles. The van der Waals surface area contributed by atoms with E-state index in [4.69, 9.17) is 9.39 Å². The van der Waals surface area contributed by atoms with Gasteiger partial charge in [0.05, 0.1) is 6.10 Å². The van der Waals surface area contributed by atoms with E-state index in [0.29, 0.717) is 30.4 Å². The highest BCUT2D eigenvalue weighted by Crippen LogP contribution is 2.51. The standard InChI is InChI=1S/C35H34BBrO6/c1-2-21(16-22-17-24(37)13-14-30(22)38)12-15-31-32-23(20-42-25-8-4-3-5-9-25)18-28-33(29(32)19-36(41)43-31)35(40)27-11-7-6-10-26(27)34(28)39/h3-11,13-14,16-17,28-29,31,33,38,41H,2,12,15,18-20H2,1H3/b21-16+/t28-,29+,31-,33-/m1/s1. The molecule has 1 aliphatic heterocycles. The van der Waals surface area contributed by atoms with Crippen LogP contribution in [0, 0.1) is 17.8 Å². The first-order chi connectivity index (χ1) is 20.8. The van der Waals surface area contributed by atoms with Gasteiger partial charge in [-0.2, -0.15) is 0 Å². The number of rotatable bonds is 8. The van der Waals surface area contributed by atoms with E-state index in [-0.39, 0.29) is 36.2 Å². The van der Waals surface area contributed by atoms with Crippen LogP contribution in [0.5, 0.6) is 11.5 Å². The largest absolute Gasteiger partial charge is 0.507 e. The zero-order valence-corrected chi connectivity index (χ0v) is 25.6. The maximum atomic E-state index is 14.0. The van der Waals surface area contributed by atoms with Crippen LogP contribution in [-0.2, 0) is 4.65 Å². The van der Waals surface area contributed by atoms with E-state index in [2.05, 4.69) is 22.9 Å². The van der Waals surface area contributed by atoms with Crippen molar-refractivity contribution in [2.24, 2.45) is 17.8 Å². The highest BCUT2D eigenvalue weighted by Gasteiger charge is 2.53. The van der Waals surface area contributed by atoms with E-state index in [1.165, 1.54) is 0 Å². The van der Waals surface area contributed by atoms with Crippen molar-refractivity contribution in [2.45, 2.75) is 45.0 Å². The lowest BCUT2D eigenvalue weighted by atomic mass is 9.54. The molecule has 220 valence electrons. The number of hydrogen-bond acceptors (Lipinski definition) is 6. The average Bonchev–Trinajstić information content (AvgIpc) is 3.02. The van der Waals surface area contributed by atoms with Crippen LogP contribution in [0.1, 0.15) is 58.9 Å². The molecule has 0 spiro atoms. The van der Waals surface area contributed by atoms with E-state index in [1.807, 2.05) is 42.5 Å². The normalized spacial score (nSPS) is 23.5. The number of phenols is 1. The average molecular weight is 641 g/mol. The molecule has 0 amide bonds. The molecule has 2 aliphatic carbocycles. The summed E-state index contributed by atoms with van der Waals surface area (Å²) in [5.41, 5.74) is 4.78. The second-order valence-corrected chi connectivity index (χ2v) is 12.5. The number of fused-ring (bicyclic) bond motifs is 4. The van der Waals surface area contributed by atoms with Crippen LogP contribution in [0.3, 0.4) is 0 Å². The molecule has 4 atom stereocenters. The lowest BCUT2D eigenvalue weighted by Crippen LogP contribution is -2.51. The third-order valence-electron chi connectivity index (χ3n) is 9.05. The second-order valence-electron chi connectivity index (χ2n) is 11.6. The summed E-state index contributed by atoms with van der Waals surface area (Å²) < 4.78 is 13.3. The van der Waals surface area contributed by atoms with Gasteiger partial charge in [-0.05, 0) is 79.4 Å². The van der Waals surface area contributed by atoms with Gasteiger partial charge in [-0.3, -0.25) is 9.59 Å². The number of halogens is 1. The van der Waals surface area contributed by atoms with Gasteiger partial charge in [0, 0.05) is 33.0 Å². The highest BCUT2D eigenvalue weighted by atomic mass is 79.9. The summed E-state index contributed by atoms with van der Waals surface area (Å²) in [6.45, 7) is 2.36. The zero-order chi connectivity index (χ0) is 30.1. The Bertz CT molecular complexity index is 1600. The number of carbonyl (C=O) groups is 2. The van der Waals surface area contributed by atoms with Gasteiger partial charge in [0.1, 0.15) is 18.1 Å². The molecule has 1 fully saturated rings. The maximum absolute atomic E-state index is 14.0. The number of ketones is 2. The van der Waals surface area contributed by atoms with Gasteiger partial charge in [0.15, 0.2) is 11.6 Å². The topological polar surface area (TPSA) is 93.1 Å². The van der Waals surface area contributed by atoms with Crippen molar-refractivity contribution in [3.63, 3.8) is 0 Å². The van der Waals surface area contributed by atoms with Gasteiger partial charge in [0.2, 0.25) is 0 Å².